The van der Waals surface area contributed by atoms with E-state index in [1.165, 1.54) is 31.2 Å². The lowest BCUT2D eigenvalue weighted by atomic mass is 10.3. The Kier molecular flexibility index (Phi) is 4.03. The Morgan fingerprint density at radius 2 is 2.00 bits per heavy atom. The summed E-state index contributed by atoms with van der Waals surface area (Å²) in [5, 5.41) is 2.77. The molecule has 0 aliphatic rings. The molecule has 0 radical (unpaired) electrons. The van der Waals surface area contributed by atoms with Gasteiger partial charge in [-0.15, -0.1) is 0 Å². The van der Waals surface area contributed by atoms with Gasteiger partial charge in [0.2, 0.25) is 11.7 Å². The van der Waals surface area contributed by atoms with Crippen molar-refractivity contribution in [1.82, 2.24) is 10.1 Å². The number of halogens is 1. The van der Waals surface area contributed by atoms with Crippen molar-refractivity contribution >= 4 is 9.84 Å². The van der Waals surface area contributed by atoms with E-state index in [0.29, 0.717) is 5.75 Å². The van der Waals surface area contributed by atoms with Crippen LogP contribution in [0.25, 0.3) is 0 Å². The van der Waals surface area contributed by atoms with E-state index in [1.54, 1.807) is 0 Å². The van der Waals surface area contributed by atoms with Crippen LogP contribution >= 0.6 is 0 Å². The van der Waals surface area contributed by atoms with E-state index in [-0.39, 0.29) is 24.1 Å². The quantitative estimate of drug-likeness (QED) is 0.838. The van der Waals surface area contributed by atoms with Crippen molar-refractivity contribution < 1.29 is 22.1 Å². The fourth-order valence-electron chi connectivity index (χ4n) is 1.35. The van der Waals surface area contributed by atoms with Gasteiger partial charge in [0.1, 0.15) is 16.8 Å². The number of hydrogen-bond acceptors (Lipinski definition) is 6. The number of benzene rings is 1. The Hall–Kier alpha value is -1.96. The van der Waals surface area contributed by atoms with Gasteiger partial charge >= 0.3 is 0 Å². The molecular weight excluding hydrogens is 287 g/mol. The highest BCUT2D eigenvalue weighted by molar-refractivity contribution is 7.90. The third-order valence-corrected chi connectivity index (χ3v) is 4.14. The van der Waals surface area contributed by atoms with Gasteiger partial charge in [0.25, 0.3) is 0 Å². The van der Waals surface area contributed by atoms with Gasteiger partial charge in [0.15, 0.2) is 16.4 Å². The van der Waals surface area contributed by atoms with Crippen LogP contribution in [0.15, 0.2) is 28.8 Å². The van der Waals surface area contributed by atoms with E-state index in [0.717, 1.165) is 6.26 Å². The molecule has 0 saturated carbocycles. The Bertz CT molecular complexity index is 682. The van der Waals surface area contributed by atoms with Crippen molar-refractivity contribution in [3.8, 4) is 5.75 Å². The summed E-state index contributed by atoms with van der Waals surface area (Å²) in [6.07, 6.45) is 1.09. The summed E-state index contributed by atoms with van der Waals surface area (Å²) in [7, 11) is -3.29. The SMILES string of the molecule is C[C@@H](c1nc(COc2ccc(F)cc2)no1)S(C)(=O)=O. The minimum Gasteiger partial charge on any atom is -0.485 e. The Morgan fingerprint density at radius 3 is 2.60 bits per heavy atom. The summed E-state index contributed by atoms with van der Waals surface area (Å²) in [6, 6.07) is 5.47. The van der Waals surface area contributed by atoms with Crippen LogP contribution in [0, 0.1) is 5.82 Å². The first-order valence-electron chi connectivity index (χ1n) is 5.76. The Balaban J connectivity index is 2.01. The van der Waals surface area contributed by atoms with Crippen molar-refractivity contribution in [3.05, 3.63) is 41.8 Å². The van der Waals surface area contributed by atoms with Crippen LogP contribution in [-0.4, -0.2) is 24.8 Å². The molecule has 1 heterocycles. The standard InChI is InChI=1S/C12H13FN2O4S/c1-8(20(2,16)17)12-14-11(15-19-12)7-18-10-5-3-9(13)4-6-10/h3-6,8H,7H2,1-2H3/t8-/m0/s1. The van der Waals surface area contributed by atoms with Crippen molar-refractivity contribution in [2.75, 3.05) is 6.26 Å². The third-order valence-electron chi connectivity index (χ3n) is 2.66. The number of hydrogen-bond donors (Lipinski definition) is 0. The molecule has 2 rings (SSSR count). The first kappa shape index (κ1) is 14.4. The fraction of sp³-hybridized carbons (Fsp3) is 0.333. The summed E-state index contributed by atoms with van der Waals surface area (Å²) < 4.78 is 45.6. The number of aromatic nitrogens is 2. The molecule has 0 fully saturated rings. The molecule has 0 saturated heterocycles. The molecular formula is C12H13FN2O4S. The van der Waals surface area contributed by atoms with Gasteiger partial charge in [-0.2, -0.15) is 4.98 Å². The smallest absolute Gasteiger partial charge is 0.244 e. The Labute approximate surface area is 115 Å². The molecule has 2 aromatic rings. The predicted octanol–water partition coefficient (Wildman–Crippen LogP) is 1.89. The molecule has 0 N–H and O–H groups in total. The van der Waals surface area contributed by atoms with E-state index < -0.39 is 15.1 Å². The maximum absolute atomic E-state index is 12.7. The van der Waals surface area contributed by atoms with Crippen molar-refractivity contribution in [2.45, 2.75) is 18.8 Å². The first-order chi connectivity index (χ1) is 9.36. The highest BCUT2D eigenvalue weighted by atomic mass is 32.2. The minimum absolute atomic E-state index is 0.00557. The highest BCUT2D eigenvalue weighted by Gasteiger charge is 2.23. The van der Waals surface area contributed by atoms with Crippen LogP contribution in [0.1, 0.15) is 23.9 Å². The van der Waals surface area contributed by atoms with E-state index in [1.807, 2.05) is 0 Å². The zero-order chi connectivity index (χ0) is 14.8. The lowest BCUT2D eigenvalue weighted by Crippen LogP contribution is -2.08. The van der Waals surface area contributed by atoms with E-state index in [4.69, 9.17) is 9.26 Å². The molecule has 1 atom stereocenters. The number of nitrogens with zero attached hydrogens (tertiary/aromatic N) is 2. The summed E-state index contributed by atoms with van der Waals surface area (Å²) in [5.41, 5.74) is 0. The molecule has 0 aliphatic carbocycles. The lowest BCUT2D eigenvalue weighted by Gasteiger charge is -2.02. The van der Waals surface area contributed by atoms with Crippen LogP contribution in [0.2, 0.25) is 0 Å². The van der Waals surface area contributed by atoms with Crippen LogP contribution in [0.5, 0.6) is 5.75 Å². The monoisotopic (exact) mass is 300 g/mol. The maximum Gasteiger partial charge on any atom is 0.244 e. The normalized spacial score (nSPS) is 13.2. The number of ether oxygens (including phenoxy) is 1. The third kappa shape index (κ3) is 3.53. The molecule has 108 valence electrons. The van der Waals surface area contributed by atoms with Crippen molar-refractivity contribution in [2.24, 2.45) is 0 Å². The summed E-state index contributed by atoms with van der Waals surface area (Å²) in [6.45, 7) is 1.47. The zero-order valence-corrected chi connectivity index (χ0v) is 11.7. The van der Waals surface area contributed by atoms with Crippen LogP contribution in [0.3, 0.4) is 0 Å². The van der Waals surface area contributed by atoms with Crippen LogP contribution < -0.4 is 4.74 Å². The van der Waals surface area contributed by atoms with Crippen LogP contribution in [0.4, 0.5) is 4.39 Å². The lowest BCUT2D eigenvalue weighted by molar-refractivity contribution is 0.284. The fourth-order valence-corrected chi connectivity index (χ4v) is 1.82. The van der Waals surface area contributed by atoms with Gasteiger partial charge < -0.3 is 9.26 Å². The van der Waals surface area contributed by atoms with E-state index in [2.05, 4.69) is 10.1 Å². The Morgan fingerprint density at radius 1 is 1.35 bits per heavy atom. The molecule has 0 unspecified atom stereocenters. The minimum atomic E-state index is -3.29. The second kappa shape index (κ2) is 5.58. The van der Waals surface area contributed by atoms with E-state index >= 15 is 0 Å². The van der Waals surface area contributed by atoms with Gasteiger partial charge in [-0.05, 0) is 31.2 Å². The molecule has 20 heavy (non-hydrogen) atoms. The number of rotatable bonds is 5. The topological polar surface area (TPSA) is 82.3 Å². The second-order valence-corrected chi connectivity index (χ2v) is 6.63. The van der Waals surface area contributed by atoms with Crippen molar-refractivity contribution in [3.63, 3.8) is 0 Å². The average molecular weight is 300 g/mol. The predicted molar refractivity (Wildman–Crippen MR) is 68.3 cm³/mol. The number of sulfone groups is 1. The van der Waals surface area contributed by atoms with Gasteiger partial charge in [-0.1, -0.05) is 5.16 Å². The highest BCUT2D eigenvalue weighted by Crippen LogP contribution is 2.19. The van der Waals surface area contributed by atoms with E-state index in [9.17, 15) is 12.8 Å². The van der Waals surface area contributed by atoms with Gasteiger partial charge in [-0.3, -0.25) is 0 Å². The summed E-state index contributed by atoms with van der Waals surface area (Å²) in [5.74, 6) is 0.333. The largest absolute Gasteiger partial charge is 0.485 e. The molecule has 1 aromatic heterocycles. The molecule has 0 spiro atoms. The van der Waals surface area contributed by atoms with Crippen molar-refractivity contribution in [1.29, 1.82) is 0 Å². The molecule has 6 nitrogen and oxygen atoms in total. The molecule has 0 amide bonds. The summed E-state index contributed by atoms with van der Waals surface area (Å²) >= 11 is 0. The van der Waals surface area contributed by atoms with Crippen LogP contribution in [-0.2, 0) is 16.4 Å². The first-order valence-corrected chi connectivity index (χ1v) is 7.71. The maximum atomic E-state index is 12.7. The average Bonchev–Trinajstić information content (AvgIpc) is 2.85. The molecule has 8 heteroatoms. The van der Waals surface area contributed by atoms with Gasteiger partial charge in [0, 0.05) is 6.26 Å². The van der Waals surface area contributed by atoms with Gasteiger partial charge in [-0.25, -0.2) is 12.8 Å². The zero-order valence-electron chi connectivity index (χ0n) is 10.9. The summed E-state index contributed by atoms with van der Waals surface area (Å²) in [4.78, 5) is 3.95. The second-order valence-electron chi connectivity index (χ2n) is 4.26. The van der Waals surface area contributed by atoms with Gasteiger partial charge in [0.05, 0.1) is 0 Å². The molecule has 0 bridgehead atoms. The molecule has 1 aromatic carbocycles. The molecule has 0 aliphatic heterocycles.